The highest BCUT2D eigenvalue weighted by Gasteiger charge is 2.32. The molecule has 142 valence electrons. The Hall–Kier alpha value is -2.86. The normalized spacial score (nSPS) is 15.6. The van der Waals surface area contributed by atoms with E-state index >= 15 is 0 Å². The van der Waals surface area contributed by atoms with Gasteiger partial charge in [0, 0.05) is 20.1 Å². The van der Waals surface area contributed by atoms with E-state index in [0.29, 0.717) is 31.2 Å². The number of amides is 2. The van der Waals surface area contributed by atoms with E-state index in [4.69, 9.17) is 9.47 Å². The van der Waals surface area contributed by atoms with Gasteiger partial charge < -0.3 is 19.7 Å². The third-order valence-electron chi connectivity index (χ3n) is 4.48. The Kier molecular flexibility index (Phi) is 6.08. The van der Waals surface area contributed by atoms with Crippen molar-refractivity contribution in [2.75, 3.05) is 18.1 Å². The van der Waals surface area contributed by atoms with Gasteiger partial charge in [0.1, 0.15) is 5.75 Å². The van der Waals surface area contributed by atoms with Crippen LogP contribution in [0.5, 0.6) is 5.75 Å². The molecule has 0 radical (unpaired) electrons. The van der Waals surface area contributed by atoms with Gasteiger partial charge in [0.25, 0.3) is 5.91 Å². The summed E-state index contributed by atoms with van der Waals surface area (Å²) in [5.41, 5.74) is 2.73. The number of carbonyl (C=O) groups is 2. The van der Waals surface area contributed by atoms with E-state index in [1.54, 1.807) is 11.0 Å². The van der Waals surface area contributed by atoms with E-state index < -0.39 is 6.10 Å². The van der Waals surface area contributed by atoms with Crippen molar-refractivity contribution in [2.24, 2.45) is 0 Å². The van der Waals surface area contributed by atoms with Crippen LogP contribution < -0.4 is 15.0 Å². The van der Waals surface area contributed by atoms with Crippen LogP contribution >= 0.6 is 0 Å². The van der Waals surface area contributed by atoms with Crippen molar-refractivity contribution in [3.8, 4) is 5.75 Å². The largest absolute Gasteiger partial charge is 0.477 e. The summed E-state index contributed by atoms with van der Waals surface area (Å²) in [5, 5.41) is 2.92. The molecule has 6 nitrogen and oxygen atoms in total. The van der Waals surface area contributed by atoms with E-state index in [-0.39, 0.29) is 18.4 Å². The molecule has 0 saturated heterocycles. The predicted octanol–water partition coefficient (Wildman–Crippen LogP) is 2.65. The maximum Gasteiger partial charge on any atom is 0.263 e. The summed E-state index contributed by atoms with van der Waals surface area (Å²) < 4.78 is 11.3. The molecule has 0 aromatic heterocycles. The molecule has 6 heteroatoms. The zero-order valence-electron chi connectivity index (χ0n) is 15.6. The number of hydrogen-bond acceptors (Lipinski definition) is 4. The zero-order valence-corrected chi connectivity index (χ0v) is 15.6. The molecule has 3 rings (SSSR count). The number of fused-ring (bicyclic) bond motifs is 1. The van der Waals surface area contributed by atoms with Gasteiger partial charge in [-0.25, -0.2) is 0 Å². The summed E-state index contributed by atoms with van der Waals surface area (Å²) in [6.45, 7) is 5.15. The van der Waals surface area contributed by atoms with E-state index in [0.717, 1.165) is 11.1 Å². The molecule has 1 atom stereocenters. The molecule has 0 unspecified atom stereocenters. The number of benzene rings is 2. The first-order valence-corrected chi connectivity index (χ1v) is 9.06. The van der Waals surface area contributed by atoms with E-state index in [1.807, 2.05) is 49.4 Å². The van der Waals surface area contributed by atoms with Crippen LogP contribution in [-0.2, 0) is 27.5 Å². The van der Waals surface area contributed by atoms with Gasteiger partial charge in [-0.15, -0.1) is 0 Å². The van der Waals surface area contributed by atoms with Crippen LogP contribution in [0.3, 0.4) is 0 Å². The fraction of sp³-hybridized carbons (Fsp3) is 0.333. The lowest BCUT2D eigenvalue weighted by molar-refractivity contribution is -0.128. The maximum absolute atomic E-state index is 12.7. The van der Waals surface area contributed by atoms with Gasteiger partial charge in [-0.3, -0.25) is 9.59 Å². The lowest BCUT2D eigenvalue weighted by Crippen LogP contribution is -2.50. The fourth-order valence-electron chi connectivity index (χ4n) is 3.05. The van der Waals surface area contributed by atoms with Crippen LogP contribution in [0.4, 0.5) is 5.69 Å². The molecule has 1 N–H and O–H groups in total. The lowest BCUT2D eigenvalue weighted by atomic mass is 10.1. The van der Waals surface area contributed by atoms with Crippen LogP contribution in [-0.4, -0.2) is 31.1 Å². The molecule has 1 aliphatic rings. The summed E-state index contributed by atoms with van der Waals surface area (Å²) in [6.07, 6.45) is -0.747. The highest BCUT2D eigenvalue weighted by atomic mass is 16.5. The van der Waals surface area contributed by atoms with Crippen molar-refractivity contribution in [3.05, 3.63) is 59.7 Å². The highest BCUT2D eigenvalue weighted by Crippen LogP contribution is 2.33. The molecular weight excluding hydrogens is 344 g/mol. The summed E-state index contributed by atoms with van der Waals surface area (Å²) in [7, 11) is 0. The van der Waals surface area contributed by atoms with Gasteiger partial charge in [0.2, 0.25) is 5.91 Å². The van der Waals surface area contributed by atoms with Crippen LogP contribution in [0, 0.1) is 0 Å². The summed E-state index contributed by atoms with van der Waals surface area (Å²) in [4.78, 5) is 26.2. The molecule has 27 heavy (non-hydrogen) atoms. The third kappa shape index (κ3) is 4.46. The van der Waals surface area contributed by atoms with Crippen molar-refractivity contribution >= 4 is 17.5 Å². The molecule has 0 fully saturated rings. The lowest BCUT2D eigenvalue weighted by Gasteiger charge is -2.33. The second-order valence-electron chi connectivity index (χ2n) is 6.33. The molecule has 2 amide bonds. The standard InChI is InChI=1S/C21H24N2O4/c1-3-26-14-17-9-5-4-8-16(17)12-22-21(25)20-13-23(15(2)24)18-10-6-7-11-19(18)27-20/h4-11,20H,3,12-14H2,1-2H3,(H,22,25)/t20-/m0/s1. The van der Waals surface area contributed by atoms with Crippen LogP contribution in [0.25, 0.3) is 0 Å². The maximum atomic E-state index is 12.7. The minimum absolute atomic E-state index is 0.120. The summed E-state index contributed by atoms with van der Waals surface area (Å²) in [6, 6.07) is 15.1. The van der Waals surface area contributed by atoms with Gasteiger partial charge in [0.05, 0.1) is 18.8 Å². The van der Waals surface area contributed by atoms with Crippen LogP contribution in [0.15, 0.2) is 48.5 Å². The Balaban J connectivity index is 1.68. The first-order valence-electron chi connectivity index (χ1n) is 9.06. The second kappa shape index (κ2) is 8.68. The molecule has 0 aliphatic carbocycles. The minimum Gasteiger partial charge on any atom is -0.477 e. The Morgan fingerprint density at radius 3 is 2.59 bits per heavy atom. The first kappa shape index (κ1) is 18.9. The quantitative estimate of drug-likeness (QED) is 0.851. The molecule has 2 aromatic rings. The summed E-state index contributed by atoms with van der Waals surface area (Å²) in [5.74, 6) is 0.170. The van der Waals surface area contributed by atoms with E-state index in [1.165, 1.54) is 6.92 Å². The van der Waals surface area contributed by atoms with Crippen LogP contribution in [0.1, 0.15) is 25.0 Å². The Labute approximate surface area is 159 Å². The Bertz CT molecular complexity index is 821. The number of nitrogens with one attached hydrogen (secondary N) is 1. The molecule has 0 saturated carbocycles. The number of nitrogens with zero attached hydrogens (tertiary/aromatic N) is 1. The molecule has 0 spiro atoms. The number of carbonyl (C=O) groups excluding carboxylic acids is 2. The van der Waals surface area contributed by atoms with Crippen molar-refractivity contribution in [2.45, 2.75) is 33.1 Å². The number of rotatable bonds is 6. The molecule has 1 aliphatic heterocycles. The van der Waals surface area contributed by atoms with Crippen molar-refractivity contribution in [1.29, 1.82) is 0 Å². The average Bonchev–Trinajstić information content (AvgIpc) is 2.70. The average molecular weight is 368 g/mol. The molecular formula is C21H24N2O4. The highest BCUT2D eigenvalue weighted by molar-refractivity contribution is 5.95. The third-order valence-corrected chi connectivity index (χ3v) is 4.48. The van der Waals surface area contributed by atoms with E-state index in [2.05, 4.69) is 5.32 Å². The van der Waals surface area contributed by atoms with Crippen molar-refractivity contribution < 1.29 is 19.1 Å². The molecule has 0 bridgehead atoms. The van der Waals surface area contributed by atoms with Crippen molar-refractivity contribution in [3.63, 3.8) is 0 Å². The van der Waals surface area contributed by atoms with Gasteiger partial charge in [0.15, 0.2) is 6.10 Å². The molecule has 1 heterocycles. The number of hydrogen-bond donors (Lipinski definition) is 1. The Morgan fingerprint density at radius 1 is 1.15 bits per heavy atom. The predicted molar refractivity (Wildman–Crippen MR) is 103 cm³/mol. The van der Waals surface area contributed by atoms with Gasteiger partial charge >= 0.3 is 0 Å². The fourth-order valence-corrected chi connectivity index (χ4v) is 3.05. The molecule has 2 aromatic carbocycles. The van der Waals surface area contributed by atoms with Gasteiger partial charge in [-0.1, -0.05) is 36.4 Å². The Morgan fingerprint density at radius 2 is 1.85 bits per heavy atom. The monoisotopic (exact) mass is 368 g/mol. The second-order valence-corrected chi connectivity index (χ2v) is 6.33. The number of ether oxygens (including phenoxy) is 2. The SMILES string of the molecule is CCOCc1ccccc1CNC(=O)[C@@H]1CN(C(C)=O)c2ccccc2O1. The zero-order chi connectivity index (χ0) is 19.2. The first-order chi connectivity index (χ1) is 13.1. The van der Waals surface area contributed by atoms with Crippen LogP contribution in [0.2, 0.25) is 0 Å². The van der Waals surface area contributed by atoms with E-state index in [9.17, 15) is 9.59 Å². The summed E-state index contributed by atoms with van der Waals surface area (Å²) >= 11 is 0. The van der Waals surface area contributed by atoms with Crippen molar-refractivity contribution in [1.82, 2.24) is 5.32 Å². The smallest absolute Gasteiger partial charge is 0.263 e. The number of para-hydroxylation sites is 2. The van der Waals surface area contributed by atoms with Gasteiger partial charge in [-0.05, 0) is 30.2 Å². The van der Waals surface area contributed by atoms with Gasteiger partial charge in [-0.2, -0.15) is 0 Å². The topological polar surface area (TPSA) is 67.9 Å². The minimum atomic E-state index is -0.747. The number of anilines is 1.